The van der Waals surface area contributed by atoms with Crippen LogP contribution in [0.25, 0.3) is 0 Å². The fourth-order valence-corrected chi connectivity index (χ4v) is 1.72. The van der Waals surface area contributed by atoms with E-state index in [0.29, 0.717) is 18.4 Å². The number of hydrogen-bond acceptors (Lipinski definition) is 2. The van der Waals surface area contributed by atoms with Crippen molar-refractivity contribution in [3.05, 3.63) is 35.4 Å². The highest BCUT2D eigenvalue weighted by Crippen LogP contribution is 2.33. The standard InChI is InChI=1S/C12H14O2/c1-2-3-8-11-9-6-4-5-7-10(9)12(13)14-11/h4-7,11H,2-3,8H2,1H3/i1D3. The van der Waals surface area contributed by atoms with E-state index >= 15 is 0 Å². The molecule has 1 heterocycles. The van der Waals surface area contributed by atoms with Crippen LogP contribution in [0.15, 0.2) is 24.3 Å². The highest BCUT2D eigenvalue weighted by molar-refractivity contribution is 5.93. The molecular formula is C12H14O2. The van der Waals surface area contributed by atoms with E-state index in [0.717, 1.165) is 5.56 Å². The van der Waals surface area contributed by atoms with Crippen LogP contribution < -0.4 is 0 Å². The fourth-order valence-electron chi connectivity index (χ4n) is 1.72. The Morgan fingerprint density at radius 3 is 3.21 bits per heavy atom. The van der Waals surface area contributed by atoms with E-state index in [-0.39, 0.29) is 18.5 Å². The molecular weight excluding hydrogens is 176 g/mol. The Labute approximate surface area is 88.1 Å². The first-order valence-electron chi connectivity index (χ1n) is 6.27. The minimum Gasteiger partial charge on any atom is -0.454 e. The molecule has 0 saturated carbocycles. The molecule has 1 aromatic rings. The van der Waals surface area contributed by atoms with Gasteiger partial charge in [0.05, 0.1) is 5.56 Å². The Hall–Kier alpha value is -1.31. The lowest BCUT2D eigenvalue weighted by Gasteiger charge is -2.08. The van der Waals surface area contributed by atoms with Crippen molar-refractivity contribution in [2.45, 2.75) is 32.2 Å². The van der Waals surface area contributed by atoms with E-state index in [9.17, 15) is 4.79 Å². The van der Waals surface area contributed by atoms with Gasteiger partial charge in [0.2, 0.25) is 0 Å². The molecule has 0 saturated heterocycles. The Balaban J connectivity index is 1.99. The number of rotatable bonds is 3. The molecule has 1 atom stereocenters. The van der Waals surface area contributed by atoms with Crippen molar-refractivity contribution in [1.29, 1.82) is 0 Å². The van der Waals surface area contributed by atoms with E-state index in [4.69, 9.17) is 8.85 Å². The van der Waals surface area contributed by atoms with Gasteiger partial charge in [-0.2, -0.15) is 0 Å². The maximum atomic E-state index is 11.5. The molecule has 1 aliphatic rings. The van der Waals surface area contributed by atoms with Crippen LogP contribution in [0.5, 0.6) is 0 Å². The Morgan fingerprint density at radius 2 is 2.36 bits per heavy atom. The maximum absolute atomic E-state index is 11.5. The lowest BCUT2D eigenvalue weighted by atomic mass is 10.0. The first kappa shape index (κ1) is 6.23. The van der Waals surface area contributed by atoms with Crippen molar-refractivity contribution < 1.29 is 13.6 Å². The smallest absolute Gasteiger partial charge is 0.339 e. The van der Waals surface area contributed by atoms with Crippen molar-refractivity contribution in [1.82, 2.24) is 0 Å². The normalized spacial score (nSPS) is 23.3. The topological polar surface area (TPSA) is 26.3 Å². The monoisotopic (exact) mass is 193 g/mol. The summed E-state index contributed by atoms with van der Waals surface area (Å²) in [6.07, 6.45) is 0.980. The van der Waals surface area contributed by atoms with E-state index in [1.807, 2.05) is 12.1 Å². The van der Waals surface area contributed by atoms with Crippen LogP contribution in [0.1, 0.15) is 52.3 Å². The summed E-state index contributed by atoms with van der Waals surface area (Å²) in [4.78, 5) is 11.5. The van der Waals surface area contributed by atoms with E-state index < -0.39 is 6.85 Å². The third-order valence-electron chi connectivity index (χ3n) is 2.42. The second-order valence-corrected chi connectivity index (χ2v) is 3.37. The molecule has 0 spiro atoms. The van der Waals surface area contributed by atoms with Gasteiger partial charge in [0.15, 0.2) is 0 Å². The summed E-state index contributed by atoms with van der Waals surface area (Å²) in [6.45, 7) is -1.90. The zero-order valence-electron chi connectivity index (χ0n) is 10.8. The maximum Gasteiger partial charge on any atom is 0.339 e. The Kier molecular flexibility index (Phi) is 1.70. The van der Waals surface area contributed by atoms with Crippen LogP contribution in [0.2, 0.25) is 0 Å². The van der Waals surface area contributed by atoms with E-state index in [1.54, 1.807) is 12.1 Å². The summed E-state index contributed by atoms with van der Waals surface area (Å²) in [6, 6.07) is 7.25. The zero-order chi connectivity index (χ0) is 12.5. The molecule has 0 N–H and O–H groups in total. The molecule has 1 aliphatic heterocycles. The van der Waals surface area contributed by atoms with Crippen LogP contribution in [0.3, 0.4) is 0 Å². The molecule has 0 bridgehead atoms. The number of carbonyl (C=O) groups is 1. The predicted molar refractivity (Wildman–Crippen MR) is 54.1 cm³/mol. The number of esters is 1. The van der Waals surface area contributed by atoms with Gasteiger partial charge < -0.3 is 4.74 Å². The number of cyclic esters (lactones) is 1. The second kappa shape index (κ2) is 3.82. The van der Waals surface area contributed by atoms with Gasteiger partial charge in [0.25, 0.3) is 0 Å². The molecule has 0 aromatic heterocycles. The van der Waals surface area contributed by atoms with Gasteiger partial charge >= 0.3 is 5.97 Å². The summed E-state index contributed by atoms with van der Waals surface area (Å²) < 4.78 is 26.6. The van der Waals surface area contributed by atoms with Gasteiger partial charge in [-0.1, -0.05) is 31.5 Å². The zero-order valence-corrected chi connectivity index (χ0v) is 7.82. The highest BCUT2D eigenvalue weighted by Gasteiger charge is 2.29. The van der Waals surface area contributed by atoms with Crippen LogP contribution in [-0.4, -0.2) is 5.97 Å². The summed E-state index contributed by atoms with van der Waals surface area (Å²) in [5.41, 5.74) is 1.48. The minimum atomic E-state index is -1.90. The predicted octanol–water partition coefficient (Wildman–Crippen LogP) is 3.09. The van der Waals surface area contributed by atoms with Gasteiger partial charge in [-0.15, -0.1) is 0 Å². The summed E-state index contributed by atoms with van der Waals surface area (Å²) in [5, 5.41) is 0. The SMILES string of the molecule is [2H]C([2H])([2H])CCCC1OC(=O)c2ccccc21. The number of ether oxygens (including phenoxy) is 1. The first-order valence-corrected chi connectivity index (χ1v) is 4.77. The van der Waals surface area contributed by atoms with E-state index in [2.05, 4.69) is 0 Å². The van der Waals surface area contributed by atoms with Crippen molar-refractivity contribution in [2.75, 3.05) is 0 Å². The number of carbonyl (C=O) groups excluding carboxylic acids is 1. The molecule has 2 nitrogen and oxygen atoms in total. The van der Waals surface area contributed by atoms with Crippen LogP contribution in [0, 0.1) is 0 Å². The number of benzene rings is 1. The molecule has 2 heteroatoms. The molecule has 0 fully saturated rings. The molecule has 14 heavy (non-hydrogen) atoms. The third-order valence-corrected chi connectivity index (χ3v) is 2.42. The van der Waals surface area contributed by atoms with Crippen molar-refractivity contribution >= 4 is 5.97 Å². The van der Waals surface area contributed by atoms with Gasteiger partial charge in [-0.3, -0.25) is 0 Å². The minimum absolute atomic E-state index is 0.156. The van der Waals surface area contributed by atoms with Crippen molar-refractivity contribution in [2.24, 2.45) is 0 Å². The Morgan fingerprint density at radius 1 is 1.50 bits per heavy atom. The largest absolute Gasteiger partial charge is 0.454 e. The highest BCUT2D eigenvalue weighted by atomic mass is 16.5. The van der Waals surface area contributed by atoms with Gasteiger partial charge in [-0.05, 0) is 18.9 Å². The molecule has 74 valence electrons. The Bertz CT molecular complexity index is 426. The molecule has 0 amide bonds. The van der Waals surface area contributed by atoms with Crippen LogP contribution in [-0.2, 0) is 4.74 Å². The average Bonchev–Trinajstić information content (AvgIpc) is 2.55. The summed E-state index contributed by atoms with van der Waals surface area (Å²) >= 11 is 0. The molecule has 0 aliphatic carbocycles. The lowest BCUT2D eigenvalue weighted by molar-refractivity contribution is 0.0364. The fraction of sp³-hybridized carbons (Fsp3) is 0.417. The van der Waals surface area contributed by atoms with Gasteiger partial charge in [0.1, 0.15) is 6.10 Å². The third kappa shape index (κ3) is 1.52. The second-order valence-electron chi connectivity index (χ2n) is 3.37. The van der Waals surface area contributed by atoms with Crippen LogP contribution >= 0.6 is 0 Å². The van der Waals surface area contributed by atoms with Crippen molar-refractivity contribution in [3.8, 4) is 0 Å². The molecule has 1 unspecified atom stereocenters. The van der Waals surface area contributed by atoms with Crippen molar-refractivity contribution in [3.63, 3.8) is 0 Å². The summed E-state index contributed by atoms with van der Waals surface area (Å²) in [7, 11) is 0. The number of fused-ring (bicyclic) bond motifs is 1. The van der Waals surface area contributed by atoms with Crippen LogP contribution in [0.4, 0.5) is 0 Å². The molecule has 1 aromatic carbocycles. The van der Waals surface area contributed by atoms with Gasteiger partial charge in [0, 0.05) is 9.68 Å². The molecule has 2 rings (SSSR count). The average molecular weight is 193 g/mol. The summed E-state index contributed by atoms with van der Waals surface area (Å²) in [5.74, 6) is -0.306. The quantitative estimate of drug-likeness (QED) is 0.689. The number of hydrogen-bond donors (Lipinski definition) is 0. The van der Waals surface area contributed by atoms with E-state index in [1.165, 1.54) is 0 Å². The molecule has 0 radical (unpaired) electrons. The van der Waals surface area contributed by atoms with Gasteiger partial charge in [-0.25, -0.2) is 4.79 Å². The first-order chi connectivity index (χ1) is 7.97. The lowest BCUT2D eigenvalue weighted by Crippen LogP contribution is -1.98.